The van der Waals surface area contributed by atoms with Gasteiger partial charge in [-0.05, 0) is 31.5 Å². The van der Waals surface area contributed by atoms with E-state index in [2.05, 4.69) is 5.32 Å². The van der Waals surface area contributed by atoms with Gasteiger partial charge in [-0.3, -0.25) is 0 Å². The molecule has 88 valence electrons. The summed E-state index contributed by atoms with van der Waals surface area (Å²) in [6.45, 7) is 0.806. The standard InChI is InChI=1S/C12H14ClF2N/c13-8-4-5-9(10(14)7-8)12(15)11-3-1-2-6-16-11/h4-5,7,11-12,16H,1-3,6H2. The van der Waals surface area contributed by atoms with Crippen LogP contribution >= 0.6 is 11.6 Å². The van der Waals surface area contributed by atoms with Crippen LogP contribution in [0.2, 0.25) is 5.02 Å². The zero-order chi connectivity index (χ0) is 11.5. The maximum atomic E-state index is 14.1. The molecule has 1 aliphatic heterocycles. The Morgan fingerprint density at radius 3 is 2.81 bits per heavy atom. The van der Waals surface area contributed by atoms with Crippen molar-refractivity contribution < 1.29 is 8.78 Å². The Balaban J connectivity index is 2.15. The van der Waals surface area contributed by atoms with Crippen molar-refractivity contribution >= 4 is 11.6 Å². The second-order valence-corrected chi connectivity index (χ2v) is 4.56. The van der Waals surface area contributed by atoms with E-state index in [1.807, 2.05) is 0 Å². The summed E-state index contributed by atoms with van der Waals surface area (Å²) in [6, 6.07) is 3.84. The normalized spacial score (nSPS) is 23.1. The minimum Gasteiger partial charge on any atom is -0.311 e. The fourth-order valence-electron chi connectivity index (χ4n) is 2.07. The monoisotopic (exact) mass is 245 g/mol. The summed E-state index contributed by atoms with van der Waals surface area (Å²) in [6.07, 6.45) is 1.51. The average molecular weight is 246 g/mol. The lowest BCUT2D eigenvalue weighted by atomic mass is 9.96. The first-order valence-corrected chi connectivity index (χ1v) is 5.88. The first-order valence-electron chi connectivity index (χ1n) is 5.51. The lowest BCUT2D eigenvalue weighted by molar-refractivity contribution is 0.216. The van der Waals surface area contributed by atoms with Crippen LogP contribution < -0.4 is 5.32 Å². The summed E-state index contributed by atoms with van der Waals surface area (Å²) < 4.78 is 27.6. The molecular weight excluding hydrogens is 232 g/mol. The fourth-order valence-corrected chi connectivity index (χ4v) is 2.23. The van der Waals surface area contributed by atoms with Gasteiger partial charge >= 0.3 is 0 Å². The van der Waals surface area contributed by atoms with E-state index in [-0.39, 0.29) is 11.6 Å². The molecule has 1 aliphatic rings. The lowest BCUT2D eigenvalue weighted by Gasteiger charge is -2.26. The molecule has 1 fully saturated rings. The van der Waals surface area contributed by atoms with Crippen molar-refractivity contribution in [1.29, 1.82) is 0 Å². The number of alkyl halides is 1. The second-order valence-electron chi connectivity index (χ2n) is 4.12. The third-order valence-electron chi connectivity index (χ3n) is 2.96. The molecular formula is C12H14ClF2N. The Hall–Kier alpha value is -0.670. The van der Waals surface area contributed by atoms with E-state index < -0.39 is 12.0 Å². The number of piperidine rings is 1. The van der Waals surface area contributed by atoms with Crippen LogP contribution in [0.4, 0.5) is 8.78 Å². The van der Waals surface area contributed by atoms with Gasteiger partial charge in [0, 0.05) is 16.6 Å². The van der Waals surface area contributed by atoms with Crippen LogP contribution in [0.1, 0.15) is 31.0 Å². The van der Waals surface area contributed by atoms with Gasteiger partial charge in [-0.2, -0.15) is 0 Å². The summed E-state index contributed by atoms with van der Waals surface area (Å²) in [7, 11) is 0. The van der Waals surface area contributed by atoms with Crippen LogP contribution in [-0.2, 0) is 0 Å². The molecule has 1 heterocycles. The minimum atomic E-state index is -1.29. The van der Waals surface area contributed by atoms with Gasteiger partial charge in [-0.15, -0.1) is 0 Å². The maximum absolute atomic E-state index is 14.1. The van der Waals surface area contributed by atoms with Gasteiger partial charge in [0.05, 0.1) is 0 Å². The maximum Gasteiger partial charge on any atom is 0.143 e. The molecule has 1 aromatic rings. The molecule has 0 aliphatic carbocycles. The number of rotatable bonds is 2. The van der Waals surface area contributed by atoms with E-state index in [0.717, 1.165) is 31.9 Å². The summed E-state index contributed by atoms with van der Waals surface area (Å²) in [5.41, 5.74) is 0.101. The molecule has 4 heteroatoms. The Morgan fingerprint density at radius 2 is 2.19 bits per heavy atom. The van der Waals surface area contributed by atoms with E-state index in [1.165, 1.54) is 12.1 Å². The molecule has 1 nitrogen and oxygen atoms in total. The topological polar surface area (TPSA) is 12.0 Å². The third-order valence-corrected chi connectivity index (χ3v) is 3.20. The quantitative estimate of drug-likeness (QED) is 0.839. The highest BCUT2D eigenvalue weighted by atomic mass is 35.5. The lowest BCUT2D eigenvalue weighted by Crippen LogP contribution is -2.37. The van der Waals surface area contributed by atoms with Crippen molar-refractivity contribution in [3.8, 4) is 0 Å². The van der Waals surface area contributed by atoms with E-state index in [1.54, 1.807) is 0 Å². The minimum absolute atomic E-state index is 0.101. The highest BCUT2D eigenvalue weighted by molar-refractivity contribution is 6.30. The molecule has 0 saturated carbocycles. The fraction of sp³-hybridized carbons (Fsp3) is 0.500. The van der Waals surface area contributed by atoms with Crippen molar-refractivity contribution in [2.45, 2.75) is 31.5 Å². The smallest absolute Gasteiger partial charge is 0.143 e. The average Bonchev–Trinajstić information content (AvgIpc) is 2.29. The summed E-state index contributed by atoms with van der Waals surface area (Å²) in [5.74, 6) is -0.563. The zero-order valence-corrected chi connectivity index (χ0v) is 9.61. The predicted molar refractivity (Wildman–Crippen MR) is 60.9 cm³/mol. The largest absolute Gasteiger partial charge is 0.311 e. The first-order chi connectivity index (χ1) is 7.68. The molecule has 2 unspecified atom stereocenters. The van der Waals surface area contributed by atoms with Crippen molar-refractivity contribution in [3.63, 3.8) is 0 Å². The summed E-state index contributed by atoms with van der Waals surface area (Å²) >= 11 is 5.63. The summed E-state index contributed by atoms with van der Waals surface area (Å²) in [4.78, 5) is 0. The van der Waals surface area contributed by atoms with Gasteiger partial charge in [-0.1, -0.05) is 24.1 Å². The van der Waals surface area contributed by atoms with E-state index in [4.69, 9.17) is 11.6 Å². The molecule has 0 aromatic heterocycles. The Labute approximate surface area is 98.8 Å². The third kappa shape index (κ3) is 2.53. The Kier molecular flexibility index (Phi) is 3.77. The predicted octanol–water partition coefficient (Wildman–Crippen LogP) is 3.63. The molecule has 2 rings (SSSR count). The van der Waals surface area contributed by atoms with Crippen LogP contribution in [0.3, 0.4) is 0 Å². The molecule has 16 heavy (non-hydrogen) atoms. The highest BCUT2D eigenvalue weighted by Crippen LogP contribution is 2.29. The van der Waals surface area contributed by atoms with Crippen LogP contribution in [-0.4, -0.2) is 12.6 Å². The highest BCUT2D eigenvalue weighted by Gasteiger charge is 2.26. The Morgan fingerprint density at radius 1 is 1.38 bits per heavy atom. The SMILES string of the molecule is Fc1cc(Cl)ccc1C(F)C1CCCCN1. The number of benzene rings is 1. The molecule has 0 bridgehead atoms. The van der Waals surface area contributed by atoms with Crippen LogP contribution in [0.15, 0.2) is 18.2 Å². The van der Waals surface area contributed by atoms with Crippen molar-refractivity contribution in [3.05, 3.63) is 34.6 Å². The van der Waals surface area contributed by atoms with Gasteiger partial charge in [0.25, 0.3) is 0 Å². The molecule has 0 spiro atoms. The van der Waals surface area contributed by atoms with E-state index >= 15 is 0 Å². The second kappa shape index (κ2) is 5.11. The van der Waals surface area contributed by atoms with Gasteiger partial charge in [0.1, 0.15) is 12.0 Å². The van der Waals surface area contributed by atoms with Gasteiger partial charge in [-0.25, -0.2) is 8.78 Å². The van der Waals surface area contributed by atoms with Crippen LogP contribution in [0, 0.1) is 5.82 Å². The molecule has 1 N–H and O–H groups in total. The van der Waals surface area contributed by atoms with Gasteiger partial charge < -0.3 is 5.32 Å². The Bertz CT molecular complexity index is 364. The van der Waals surface area contributed by atoms with Gasteiger partial charge in [0.15, 0.2) is 0 Å². The van der Waals surface area contributed by atoms with E-state index in [9.17, 15) is 8.78 Å². The number of nitrogens with one attached hydrogen (secondary N) is 1. The van der Waals surface area contributed by atoms with Crippen LogP contribution in [0.5, 0.6) is 0 Å². The number of hydrogen-bond acceptors (Lipinski definition) is 1. The van der Waals surface area contributed by atoms with Crippen molar-refractivity contribution in [2.24, 2.45) is 0 Å². The molecule has 2 atom stereocenters. The summed E-state index contributed by atoms with van der Waals surface area (Å²) in [5, 5.41) is 3.38. The van der Waals surface area contributed by atoms with Crippen LogP contribution in [0.25, 0.3) is 0 Å². The first kappa shape index (κ1) is 11.8. The van der Waals surface area contributed by atoms with Crippen molar-refractivity contribution in [2.75, 3.05) is 6.54 Å². The van der Waals surface area contributed by atoms with Crippen molar-refractivity contribution in [1.82, 2.24) is 5.32 Å². The molecule has 1 saturated heterocycles. The number of hydrogen-bond donors (Lipinski definition) is 1. The molecule has 0 amide bonds. The molecule has 1 aromatic carbocycles. The number of halogens is 3. The van der Waals surface area contributed by atoms with E-state index in [0.29, 0.717) is 5.02 Å². The zero-order valence-electron chi connectivity index (χ0n) is 8.85. The van der Waals surface area contributed by atoms with Gasteiger partial charge in [0.2, 0.25) is 0 Å². The molecule has 0 radical (unpaired) electrons.